The Labute approximate surface area is 89.1 Å². The van der Waals surface area contributed by atoms with Crippen molar-refractivity contribution in [3.8, 4) is 0 Å². The van der Waals surface area contributed by atoms with E-state index in [9.17, 15) is 9.90 Å². The minimum atomic E-state index is -1.13. The summed E-state index contributed by atoms with van der Waals surface area (Å²) in [5.41, 5.74) is 6.17. The van der Waals surface area contributed by atoms with Crippen LogP contribution in [0.25, 0.3) is 0 Å². The van der Waals surface area contributed by atoms with Crippen LogP contribution in [-0.2, 0) is 4.79 Å². The van der Waals surface area contributed by atoms with E-state index in [1.165, 1.54) is 0 Å². The highest BCUT2D eigenvalue weighted by Gasteiger charge is 2.15. The van der Waals surface area contributed by atoms with Crippen LogP contribution in [0.1, 0.15) is 18.5 Å². The number of benzene rings is 1. The first kappa shape index (κ1) is 11.7. The first-order valence-electron chi connectivity index (χ1n) is 4.88. The van der Waals surface area contributed by atoms with Crippen molar-refractivity contribution in [2.45, 2.75) is 19.1 Å². The summed E-state index contributed by atoms with van der Waals surface area (Å²) in [6.07, 6.45) is -1.13. The van der Waals surface area contributed by atoms with Crippen molar-refractivity contribution < 1.29 is 9.90 Å². The summed E-state index contributed by atoms with van der Waals surface area (Å²) in [5.74, 6) is -0.436. The SMILES string of the molecule is C[C@H](NC(=O)C(O)CN)c1ccccc1. The van der Waals surface area contributed by atoms with Crippen molar-refractivity contribution in [2.75, 3.05) is 6.54 Å². The zero-order chi connectivity index (χ0) is 11.3. The molecule has 0 heterocycles. The molecule has 0 saturated carbocycles. The predicted molar refractivity (Wildman–Crippen MR) is 58.1 cm³/mol. The van der Waals surface area contributed by atoms with Gasteiger partial charge in [-0.15, -0.1) is 0 Å². The third kappa shape index (κ3) is 3.34. The summed E-state index contributed by atoms with van der Waals surface area (Å²) in [5, 5.41) is 11.9. The predicted octanol–water partition coefficient (Wildman–Crippen LogP) is 0.183. The number of hydrogen-bond acceptors (Lipinski definition) is 3. The van der Waals surface area contributed by atoms with Gasteiger partial charge in [-0.3, -0.25) is 4.79 Å². The largest absolute Gasteiger partial charge is 0.382 e. The zero-order valence-corrected chi connectivity index (χ0v) is 8.68. The van der Waals surface area contributed by atoms with Gasteiger partial charge in [0, 0.05) is 6.54 Å². The molecular weight excluding hydrogens is 192 g/mol. The molecule has 0 fully saturated rings. The van der Waals surface area contributed by atoms with Gasteiger partial charge < -0.3 is 16.2 Å². The number of nitrogens with one attached hydrogen (secondary N) is 1. The molecule has 82 valence electrons. The smallest absolute Gasteiger partial charge is 0.250 e. The van der Waals surface area contributed by atoms with Crippen molar-refractivity contribution >= 4 is 5.91 Å². The fraction of sp³-hybridized carbons (Fsp3) is 0.364. The number of aliphatic hydroxyl groups excluding tert-OH is 1. The Kier molecular flexibility index (Phi) is 4.27. The molecule has 1 unspecified atom stereocenters. The molecule has 4 N–H and O–H groups in total. The maximum atomic E-state index is 11.3. The molecule has 1 aromatic carbocycles. The van der Waals surface area contributed by atoms with Crippen LogP contribution < -0.4 is 11.1 Å². The van der Waals surface area contributed by atoms with Gasteiger partial charge in [0.2, 0.25) is 0 Å². The van der Waals surface area contributed by atoms with Crippen LogP contribution in [0.4, 0.5) is 0 Å². The van der Waals surface area contributed by atoms with Crippen molar-refractivity contribution in [1.29, 1.82) is 0 Å². The quantitative estimate of drug-likeness (QED) is 0.661. The molecular formula is C11H16N2O2. The molecule has 4 nitrogen and oxygen atoms in total. The van der Waals surface area contributed by atoms with Crippen LogP contribution in [0.5, 0.6) is 0 Å². The lowest BCUT2D eigenvalue weighted by molar-refractivity contribution is -0.129. The number of rotatable bonds is 4. The van der Waals surface area contributed by atoms with E-state index in [1.807, 2.05) is 37.3 Å². The highest BCUT2D eigenvalue weighted by atomic mass is 16.3. The van der Waals surface area contributed by atoms with E-state index >= 15 is 0 Å². The van der Waals surface area contributed by atoms with E-state index in [-0.39, 0.29) is 12.6 Å². The number of carbonyl (C=O) groups is 1. The van der Waals surface area contributed by atoms with Gasteiger partial charge in [-0.1, -0.05) is 30.3 Å². The Bertz CT molecular complexity index is 314. The number of aliphatic hydroxyl groups is 1. The first-order valence-corrected chi connectivity index (χ1v) is 4.88. The van der Waals surface area contributed by atoms with E-state index < -0.39 is 12.0 Å². The number of amides is 1. The zero-order valence-electron chi connectivity index (χ0n) is 8.68. The summed E-state index contributed by atoms with van der Waals surface area (Å²) in [7, 11) is 0. The average Bonchev–Trinajstić information content (AvgIpc) is 2.29. The van der Waals surface area contributed by atoms with E-state index in [1.54, 1.807) is 0 Å². The molecule has 0 aliphatic heterocycles. The molecule has 0 saturated heterocycles. The Morgan fingerprint density at radius 3 is 2.60 bits per heavy atom. The van der Waals surface area contributed by atoms with E-state index in [2.05, 4.69) is 5.32 Å². The topological polar surface area (TPSA) is 75.3 Å². The van der Waals surface area contributed by atoms with Crippen molar-refractivity contribution in [3.63, 3.8) is 0 Å². The molecule has 0 aromatic heterocycles. The third-order valence-corrected chi connectivity index (χ3v) is 2.18. The Hall–Kier alpha value is -1.39. The molecule has 1 aromatic rings. The molecule has 15 heavy (non-hydrogen) atoms. The minimum absolute atomic E-state index is 0.0622. The Morgan fingerprint density at radius 1 is 1.47 bits per heavy atom. The first-order chi connectivity index (χ1) is 7.15. The number of nitrogens with two attached hydrogens (primary N) is 1. The van der Waals surface area contributed by atoms with Gasteiger partial charge >= 0.3 is 0 Å². The maximum absolute atomic E-state index is 11.3. The summed E-state index contributed by atoms with van der Waals surface area (Å²) < 4.78 is 0. The minimum Gasteiger partial charge on any atom is -0.382 e. The Balaban J connectivity index is 2.56. The summed E-state index contributed by atoms with van der Waals surface area (Å²) >= 11 is 0. The van der Waals surface area contributed by atoms with Crippen LogP contribution in [0.15, 0.2) is 30.3 Å². The van der Waals surface area contributed by atoms with Gasteiger partial charge in [0.1, 0.15) is 6.10 Å². The normalized spacial score (nSPS) is 14.3. The molecule has 4 heteroatoms. The van der Waals surface area contributed by atoms with Crippen molar-refractivity contribution in [3.05, 3.63) is 35.9 Å². The lowest BCUT2D eigenvalue weighted by Gasteiger charge is -2.16. The second-order valence-corrected chi connectivity index (χ2v) is 3.39. The van der Waals surface area contributed by atoms with Gasteiger partial charge in [0.25, 0.3) is 5.91 Å². The van der Waals surface area contributed by atoms with E-state index in [0.717, 1.165) is 5.56 Å². The molecule has 2 atom stereocenters. The molecule has 1 amide bonds. The second kappa shape index (κ2) is 5.48. The van der Waals surface area contributed by atoms with Crippen LogP contribution >= 0.6 is 0 Å². The highest BCUT2D eigenvalue weighted by molar-refractivity contribution is 5.81. The highest BCUT2D eigenvalue weighted by Crippen LogP contribution is 2.10. The lowest BCUT2D eigenvalue weighted by atomic mass is 10.1. The van der Waals surface area contributed by atoms with Crippen LogP contribution in [-0.4, -0.2) is 23.7 Å². The third-order valence-electron chi connectivity index (χ3n) is 2.18. The lowest BCUT2D eigenvalue weighted by Crippen LogP contribution is -2.40. The van der Waals surface area contributed by atoms with Crippen molar-refractivity contribution in [2.24, 2.45) is 5.73 Å². The van der Waals surface area contributed by atoms with Crippen LogP contribution in [0.2, 0.25) is 0 Å². The molecule has 0 radical (unpaired) electrons. The molecule has 0 aliphatic rings. The van der Waals surface area contributed by atoms with Gasteiger partial charge in [-0.2, -0.15) is 0 Å². The van der Waals surface area contributed by atoms with Crippen LogP contribution in [0.3, 0.4) is 0 Å². The van der Waals surface area contributed by atoms with Gasteiger partial charge in [0.05, 0.1) is 6.04 Å². The summed E-state index contributed by atoms with van der Waals surface area (Å²) in [6.45, 7) is 1.80. The number of carbonyl (C=O) groups excluding carboxylic acids is 1. The monoisotopic (exact) mass is 208 g/mol. The van der Waals surface area contributed by atoms with Crippen molar-refractivity contribution in [1.82, 2.24) is 5.32 Å². The standard InChI is InChI=1S/C11H16N2O2/c1-8(9-5-3-2-4-6-9)13-11(15)10(14)7-12/h2-6,8,10,14H,7,12H2,1H3,(H,13,15)/t8-,10?/m0/s1. The van der Waals surface area contributed by atoms with E-state index in [0.29, 0.717) is 0 Å². The maximum Gasteiger partial charge on any atom is 0.250 e. The second-order valence-electron chi connectivity index (χ2n) is 3.39. The van der Waals surface area contributed by atoms with Gasteiger partial charge in [-0.25, -0.2) is 0 Å². The number of hydrogen-bond donors (Lipinski definition) is 3. The van der Waals surface area contributed by atoms with Gasteiger partial charge in [0.15, 0.2) is 0 Å². The fourth-order valence-corrected chi connectivity index (χ4v) is 1.24. The average molecular weight is 208 g/mol. The van der Waals surface area contributed by atoms with Crippen LogP contribution in [0, 0.1) is 0 Å². The fourth-order valence-electron chi connectivity index (χ4n) is 1.24. The molecule has 0 aliphatic carbocycles. The Morgan fingerprint density at radius 2 is 2.07 bits per heavy atom. The molecule has 0 spiro atoms. The molecule has 1 rings (SSSR count). The molecule has 0 bridgehead atoms. The van der Waals surface area contributed by atoms with E-state index in [4.69, 9.17) is 5.73 Å². The summed E-state index contributed by atoms with van der Waals surface area (Å²) in [6, 6.07) is 9.42. The summed E-state index contributed by atoms with van der Waals surface area (Å²) in [4.78, 5) is 11.3. The van der Waals surface area contributed by atoms with Gasteiger partial charge in [-0.05, 0) is 12.5 Å².